The van der Waals surface area contributed by atoms with Crippen molar-refractivity contribution < 1.29 is 4.79 Å². The fraction of sp³-hybridized carbons (Fsp3) is 0.562. The summed E-state index contributed by atoms with van der Waals surface area (Å²) in [5, 5.41) is 2.91. The standard InChI is InChI=1S/C16H26N2O/c1-12(2)10-15(17)11-18-16(19)9-8-14-7-5-4-6-13(14)3/h4-7,12,15H,8-11,17H2,1-3H3,(H,18,19). The van der Waals surface area contributed by atoms with E-state index in [0.717, 1.165) is 12.8 Å². The SMILES string of the molecule is Cc1ccccc1CCC(=O)NCC(N)CC(C)C. The number of hydrogen-bond acceptors (Lipinski definition) is 2. The molecule has 0 aliphatic carbocycles. The van der Waals surface area contributed by atoms with Gasteiger partial charge in [-0.3, -0.25) is 4.79 Å². The van der Waals surface area contributed by atoms with Gasteiger partial charge in [0.25, 0.3) is 0 Å². The van der Waals surface area contributed by atoms with Crippen molar-refractivity contribution in [3.8, 4) is 0 Å². The van der Waals surface area contributed by atoms with Gasteiger partial charge in [0.1, 0.15) is 0 Å². The zero-order chi connectivity index (χ0) is 14.3. The van der Waals surface area contributed by atoms with Crippen LogP contribution in [0.15, 0.2) is 24.3 Å². The van der Waals surface area contributed by atoms with Gasteiger partial charge < -0.3 is 11.1 Å². The Balaban J connectivity index is 2.27. The molecule has 0 fully saturated rings. The Morgan fingerprint density at radius 1 is 1.32 bits per heavy atom. The number of amides is 1. The van der Waals surface area contributed by atoms with Crippen molar-refractivity contribution >= 4 is 5.91 Å². The van der Waals surface area contributed by atoms with Crippen molar-refractivity contribution in [2.75, 3.05) is 6.54 Å². The lowest BCUT2D eigenvalue weighted by Crippen LogP contribution is -2.38. The number of aryl methyl sites for hydroxylation is 2. The molecule has 0 aromatic heterocycles. The predicted octanol–water partition coefficient (Wildman–Crippen LogP) is 2.42. The molecule has 19 heavy (non-hydrogen) atoms. The summed E-state index contributed by atoms with van der Waals surface area (Å²) < 4.78 is 0. The van der Waals surface area contributed by atoms with E-state index in [9.17, 15) is 4.79 Å². The number of nitrogens with one attached hydrogen (secondary N) is 1. The Kier molecular flexibility index (Phi) is 6.57. The van der Waals surface area contributed by atoms with Crippen LogP contribution in [0.4, 0.5) is 0 Å². The molecule has 0 aliphatic heterocycles. The van der Waals surface area contributed by atoms with Crippen LogP contribution in [0.5, 0.6) is 0 Å². The maximum absolute atomic E-state index is 11.8. The second-order valence-electron chi connectivity index (χ2n) is 5.62. The number of benzene rings is 1. The maximum atomic E-state index is 11.8. The normalized spacial score (nSPS) is 12.5. The third kappa shape index (κ3) is 6.39. The van der Waals surface area contributed by atoms with Crippen molar-refractivity contribution in [1.82, 2.24) is 5.32 Å². The van der Waals surface area contributed by atoms with Gasteiger partial charge >= 0.3 is 0 Å². The number of carbonyl (C=O) groups excluding carboxylic acids is 1. The van der Waals surface area contributed by atoms with Gasteiger partial charge in [0.2, 0.25) is 5.91 Å². The van der Waals surface area contributed by atoms with Crippen molar-refractivity contribution in [3.63, 3.8) is 0 Å². The highest BCUT2D eigenvalue weighted by Gasteiger charge is 2.08. The van der Waals surface area contributed by atoms with Gasteiger partial charge in [0.15, 0.2) is 0 Å². The van der Waals surface area contributed by atoms with Crippen LogP contribution < -0.4 is 11.1 Å². The topological polar surface area (TPSA) is 55.1 Å². The van der Waals surface area contributed by atoms with E-state index in [0.29, 0.717) is 18.9 Å². The average molecular weight is 262 g/mol. The van der Waals surface area contributed by atoms with Gasteiger partial charge in [0.05, 0.1) is 0 Å². The lowest BCUT2D eigenvalue weighted by molar-refractivity contribution is -0.121. The fourth-order valence-corrected chi connectivity index (χ4v) is 2.16. The summed E-state index contributed by atoms with van der Waals surface area (Å²) in [5.74, 6) is 0.654. The highest BCUT2D eigenvalue weighted by atomic mass is 16.1. The third-order valence-corrected chi connectivity index (χ3v) is 3.22. The first kappa shape index (κ1) is 15.7. The van der Waals surface area contributed by atoms with Gasteiger partial charge in [-0.1, -0.05) is 38.1 Å². The number of carbonyl (C=O) groups is 1. The van der Waals surface area contributed by atoms with Gasteiger partial charge in [-0.15, -0.1) is 0 Å². The summed E-state index contributed by atoms with van der Waals surface area (Å²) in [7, 11) is 0. The minimum atomic E-state index is 0.0578. The van der Waals surface area contributed by atoms with Crippen LogP contribution in [-0.4, -0.2) is 18.5 Å². The molecule has 1 aromatic rings. The second-order valence-corrected chi connectivity index (χ2v) is 5.62. The van der Waals surface area contributed by atoms with E-state index in [2.05, 4.69) is 38.2 Å². The fourth-order valence-electron chi connectivity index (χ4n) is 2.16. The Morgan fingerprint density at radius 3 is 2.63 bits per heavy atom. The molecule has 1 aromatic carbocycles. The zero-order valence-electron chi connectivity index (χ0n) is 12.3. The average Bonchev–Trinajstić information content (AvgIpc) is 2.34. The van der Waals surface area contributed by atoms with Gasteiger partial charge in [-0.25, -0.2) is 0 Å². The first-order valence-corrected chi connectivity index (χ1v) is 7.05. The van der Waals surface area contributed by atoms with Crippen molar-refractivity contribution in [1.29, 1.82) is 0 Å². The van der Waals surface area contributed by atoms with Crippen LogP contribution in [0.1, 0.15) is 37.8 Å². The summed E-state index contributed by atoms with van der Waals surface area (Å²) in [6.45, 7) is 6.93. The molecule has 3 nitrogen and oxygen atoms in total. The van der Waals surface area contributed by atoms with Crippen molar-refractivity contribution in [3.05, 3.63) is 35.4 Å². The molecule has 0 spiro atoms. The summed E-state index contributed by atoms with van der Waals surface area (Å²) in [4.78, 5) is 11.8. The van der Waals surface area contributed by atoms with E-state index in [-0.39, 0.29) is 11.9 Å². The monoisotopic (exact) mass is 262 g/mol. The second kappa shape index (κ2) is 7.95. The van der Waals surface area contributed by atoms with Gasteiger partial charge in [-0.05, 0) is 36.8 Å². The highest BCUT2D eigenvalue weighted by molar-refractivity contribution is 5.76. The Bertz CT molecular complexity index is 401. The Hall–Kier alpha value is -1.35. The lowest BCUT2D eigenvalue weighted by Gasteiger charge is -2.15. The van der Waals surface area contributed by atoms with Crippen molar-refractivity contribution in [2.45, 2.75) is 46.1 Å². The summed E-state index contributed by atoms with van der Waals surface area (Å²) in [6, 6.07) is 8.24. The molecule has 1 amide bonds. The Labute approximate surface area is 116 Å². The number of nitrogens with two attached hydrogens (primary N) is 1. The predicted molar refractivity (Wildman–Crippen MR) is 79.9 cm³/mol. The first-order chi connectivity index (χ1) is 8.99. The molecule has 0 radical (unpaired) electrons. The number of hydrogen-bond donors (Lipinski definition) is 2. The van der Waals surface area contributed by atoms with Crippen LogP contribution in [0.2, 0.25) is 0 Å². The molecule has 0 aliphatic rings. The third-order valence-electron chi connectivity index (χ3n) is 3.22. The quantitative estimate of drug-likeness (QED) is 0.793. The van der Waals surface area contributed by atoms with Crippen LogP contribution in [0.3, 0.4) is 0 Å². The van der Waals surface area contributed by atoms with Crippen LogP contribution in [0.25, 0.3) is 0 Å². The molecule has 106 valence electrons. The lowest BCUT2D eigenvalue weighted by atomic mass is 10.0. The molecule has 0 saturated heterocycles. The van der Waals surface area contributed by atoms with E-state index >= 15 is 0 Å². The van der Waals surface area contributed by atoms with E-state index in [1.54, 1.807) is 0 Å². The van der Waals surface area contributed by atoms with Crippen molar-refractivity contribution in [2.24, 2.45) is 11.7 Å². The number of rotatable bonds is 7. The molecule has 0 heterocycles. The smallest absolute Gasteiger partial charge is 0.220 e. The van der Waals surface area contributed by atoms with Crippen LogP contribution in [0, 0.1) is 12.8 Å². The van der Waals surface area contributed by atoms with E-state index in [1.165, 1.54) is 11.1 Å². The molecule has 1 unspecified atom stereocenters. The first-order valence-electron chi connectivity index (χ1n) is 7.05. The molecular weight excluding hydrogens is 236 g/mol. The minimum absolute atomic E-state index is 0.0578. The molecule has 1 atom stereocenters. The zero-order valence-corrected chi connectivity index (χ0v) is 12.3. The van der Waals surface area contributed by atoms with Gasteiger partial charge in [-0.2, -0.15) is 0 Å². The van der Waals surface area contributed by atoms with E-state index < -0.39 is 0 Å². The summed E-state index contributed by atoms with van der Waals surface area (Å²) in [6.07, 6.45) is 2.26. The Morgan fingerprint density at radius 2 is 2.00 bits per heavy atom. The maximum Gasteiger partial charge on any atom is 0.220 e. The largest absolute Gasteiger partial charge is 0.355 e. The van der Waals surface area contributed by atoms with E-state index in [4.69, 9.17) is 5.73 Å². The molecule has 1 rings (SSSR count). The summed E-state index contributed by atoms with van der Waals surface area (Å²) >= 11 is 0. The molecular formula is C16H26N2O. The van der Waals surface area contributed by atoms with Crippen LogP contribution in [-0.2, 0) is 11.2 Å². The van der Waals surface area contributed by atoms with E-state index in [1.807, 2.05) is 12.1 Å². The molecule has 3 N–H and O–H groups in total. The molecule has 0 bridgehead atoms. The highest BCUT2D eigenvalue weighted by Crippen LogP contribution is 2.09. The summed E-state index contributed by atoms with van der Waals surface area (Å²) in [5.41, 5.74) is 8.42. The minimum Gasteiger partial charge on any atom is -0.355 e. The van der Waals surface area contributed by atoms with Crippen LogP contribution >= 0.6 is 0 Å². The molecule has 3 heteroatoms. The molecule has 0 saturated carbocycles. The van der Waals surface area contributed by atoms with Gasteiger partial charge in [0, 0.05) is 19.0 Å².